The molecule has 2 heterocycles. The van der Waals surface area contributed by atoms with E-state index in [9.17, 15) is 18.0 Å². The van der Waals surface area contributed by atoms with Crippen molar-refractivity contribution in [2.45, 2.75) is 30.2 Å². The highest BCUT2D eigenvalue weighted by atomic mass is 32.2. The number of amides is 2. The number of fused-ring (bicyclic) bond motifs is 1. The topological polar surface area (TPSA) is 102 Å². The molecule has 9 heteroatoms. The highest BCUT2D eigenvalue weighted by molar-refractivity contribution is 7.90. The summed E-state index contributed by atoms with van der Waals surface area (Å²) in [5.41, 5.74) is 2.03. The number of benzene rings is 2. The summed E-state index contributed by atoms with van der Waals surface area (Å²) in [5.74, 6) is -0.726. The van der Waals surface area contributed by atoms with Crippen LogP contribution in [0.4, 0.5) is 5.69 Å². The van der Waals surface area contributed by atoms with Crippen LogP contribution < -0.4 is 4.90 Å². The minimum absolute atomic E-state index is 0.0609. The molecule has 8 nitrogen and oxygen atoms in total. The molecule has 5 rings (SSSR count). The monoisotopic (exact) mass is 450 g/mol. The van der Waals surface area contributed by atoms with Crippen molar-refractivity contribution < 1.29 is 18.0 Å². The fourth-order valence-corrected chi connectivity index (χ4v) is 6.20. The maximum absolute atomic E-state index is 13.2. The number of sulfonamides is 1. The molecule has 0 unspecified atom stereocenters. The molecule has 0 radical (unpaired) electrons. The number of anilines is 1. The lowest BCUT2D eigenvalue weighted by molar-refractivity contribution is 0.0765. The molecule has 32 heavy (non-hydrogen) atoms. The fraction of sp³-hybridized carbons (Fsp3) is 0.348. The first-order chi connectivity index (χ1) is 15.4. The number of rotatable bonds is 3. The van der Waals surface area contributed by atoms with Crippen LogP contribution in [0.2, 0.25) is 0 Å². The van der Waals surface area contributed by atoms with Gasteiger partial charge in [-0.05, 0) is 61.7 Å². The predicted octanol–water partition coefficient (Wildman–Crippen LogP) is 2.22. The Kier molecular flexibility index (Phi) is 4.90. The van der Waals surface area contributed by atoms with Gasteiger partial charge >= 0.3 is 0 Å². The molecule has 164 valence electrons. The lowest BCUT2D eigenvalue weighted by Gasteiger charge is -2.24. The van der Waals surface area contributed by atoms with Crippen molar-refractivity contribution in [3.05, 3.63) is 59.2 Å². The first kappa shape index (κ1) is 20.5. The van der Waals surface area contributed by atoms with Crippen molar-refractivity contribution in [1.29, 1.82) is 5.26 Å². The van der Waals surface area contributed by atoms with Gasteiger partial charge in [-0.1, -0.05) is 0 Å². The van der Waals surface area contributed by atoms with Crippen molar-refractivity contribution in [1.82, 2.24) is 9.21 Å². The summed E-state index contributed by atoms with van der Waals surface area (Å²) in [6.45, 7) is 2.46. The number of hydrogen-bond donors (Lipinski definition) is 0. The van der Waals surface area contributed by atoms with Gasteiger partial charge in [-0.15, -0.1) is 0 Å². The quantitative estimate of drug-likeness (QED) is 0.711. The van der Waals surface area contributed by atoms with Gasteiger partial charge in [0.25, 0.3) is 21.8 Å². The van der Waals surface area contributed by atoms with Gasteiger partial charge in [-0.25, -0.2) is 12.7 Å². The van der Waals surface area contributed by atoms with Crippen molar-refractivity contribution >= 4 is 27.5 Å². The third kappa shape index (κ3) is 3.41. The molecule has 2 aliphatic heterocycles. The Morgan fingerprint density at radius 3 is 2.44 bits per heavy atom. The normalized spacial score (nSPS) is 20.0. The highest BCUT2D eigenvalue weighted by Crippen LogP contribution is 2.39. The number of carbonyl (C=O) groups is 2. The summed E-state index contributed by atoms with van der Waals surface area (Å²) < 4.78 is 26.7. The van der Waals surface area contributed by atoms with Crippen LogP contribution in [0.15, 0.2) is 47.4 Å². The highest BCUT2D eigenvalue weighted by Gasteiger charge is 2.48. The van der Waals surface area contributed by atoms with E-state index < -0.39 is 15.9 Å². The molecular formula is C23H22N4O4S. The summed E-state index contributed by atoms with van der Waals surface area (Å²) in [7, 11) is -3.89. The molecule has 0 spiro atoms. The van der Waals surface area contributed by atoms with Gasteiger partial charge in [-0.3, -0.25) is 9.59 Å². The van der Waals surface area contributed by atoms with E-state index in [0.29, 0.717) is 38.0 Å². The van der Waals surface area contributed by atoms with Crippen molar-refractivity contribution in [2.24, 2.45) is 0 Å². The third-order valence-electron chi connectivity index (χ3n) is 6.22. The molecule has 1 saturated carbocycles. The zero-order chi connectivity index (χ0) is 22.5. The van der Waals surface area contributed by atoms with Crippen LogP contribution in [0.25, 0.3) is 0 Å². The summed E-state index contributed by atoms with van der Waals surface area (Å²) in [5, 5.41) is 8.97. The Hall–Kier alpha value is -3.38. The van der Waals surface area contributed by atoms with Gasteiger partial charge in [0.2, 0.25) is 0 Å². The second-order valence-corrected chi connectivity index (χ2v) is 10.1. The van der Waals surface area contributed by atoms with Gasteiger partial charge in [0.05, 0.1) is 17.2 Å². The molecule has 0 atom stereocenters. The first-order valence-electron chi connectivity index (χ1n) is 10.7. The van der Waals surface area contributed by atoms with E-state index >= 15 is 0 Å². The smallest absolute Gasteiger partial charge is 0.269 e. The Balaban J connectivity index is 1.34. The Bertz CT molecular complexity index is 1250. The molecule has 2 aromatic rings. The molecule has 1 saturated heterocycles. The first-order valence-corrected chi connectivity index (χ1v) is 12.1. The van der Waals surface area contributed by atoms with E-state index in [1.165, 1.54) is 12.1 Å². The molecule has 0 aromatic heterocycles. The minimum Gasteiger partial charge on any atom is -0.370 e. The van der Waals surface area contributed by atoms with Crippen LogP contribution in [0.3, 0.4) is 0 Å². The van der Waals surface area contributed by atoms with Crippen molar-refractivity contribution in [3.63, 3.8) is 0 Å². The fourth-order valence-electron chi connectivity index (χ4n) is 4.36. The molecule has 1 aliphatic carbocycles. The van der Waals surface area contributed by atoms with Crippen LogP contribution in [0.1, 0.15) is 45.5 Å². The minimum atomic E-state index is -3.89. The second kappa shape index (κ2) is 7.64. The summed E-state index contributed by atoms with van der Waals surface area (Å²) >= 11 is 0. The van der Waals surface area contributed by atoms with Crippen LogP contribution in [-0.2, 0) is 10.0 Å². The Morgan fingerprint density at radius 1 is 1.00 bits per heavy atom. The Labute approximate surface area is 186 Å². The summed E-state index contributed by atoms with van der Waals surface area (Å²) in [4.78, 5) is 29.6. The summed E-state index contributed by atoms with van der Waals surface area (Å²) in [6, 6.07) is 13.6. The Morgan fingerprint density at radius 2 is 1.75 bits per heavy atom. The molecule has 2 fully saturated rings. The van der Waals surface area contributed by atoms with E-state index in [-0.39, 0.29) is 28.0 Å². The van der Waals surface area contributed by atoms with E-state index in [1.54, 1.807) is 23.1 Å². The predicted molar refractivity (Wildman–Crippen MR) is 117 cm³/mol. The van der Waals surface area contributed by atoms with Crippen LogP contribution in [0, 0.1) is 11.3 Å². The standard InChI is InChI=1S/C23H22N4O4S/c24-15-16-2-5-18(6-3-16)25-10-1-11-26(13-12-25)22(28)17-4-9-20-21(14-17)32(30,31)27(23(20)29)19-7-8-19/h2-6,9,14,19H,1,7-8,10-13H2. The van der Waals surface area contributed by atoms with Crippen molar-refractivity contribution in [2.75, 3.05) is 31.1 Å². The largest absolute Gasteiger partial charge is 0.370 e. The van der Waals surface area contributed by atoms with E-state index in [2.05, 4.69) is 11.0 Å². The molecule has 2 amide bonds. The van der Waals surface area contributed by atoms with Gasteiger partial charge in [-0.2, -0.15) is 5.26 Å². The number of carbonyl (C=O) groups excluding carboxylic acids is 2. The molecule has 2 aromatic carbocycles. The number of nitrogens with zero attached hydrogens (tertiary/aromatic N) is 4. The maximum atomic E-state index is 13.2. The van der Waals surface area contributed by atoms with E-state index in [0.717, 1.165) is 23.0 Å². The molecule has 3 aliphatic rings. The van der Waals surface area contributed by atoms with Gasteiger partial charge < -0.3 is 9.80 Å². The van der Waals surface area contributed by atoms with Crippen LogP contribution in [0.5, 0.6) is 0 Å². The third-order valence-corrected chi connectivity index (χ3v) is 8.09. The maximum Gasteiger partial charge on any atom is 0.269 e. The molecular weight excluding hydrogens is 428 g/mol. The lowest BCUT2D eigenvalue weighted by Crippen LogP contribution is -2.35. The van der Waals surface area contributed by atoms with Gasteiger partial charge in [0.1, 0.15) is 4.90 Å². The van der Waals surface area contributed by atoms with Crippen LogP contribution in [-0.4, -0.2) is 61.7 Å². The molecule has 0 N–H and O–H groups in total. The SMILES string of the molecule is N#Cc1ccc(N2CCCN(C(=O)c3ccc4c(c3)S(=O)(=O)N(C3CC3)C4=O)CC2)cc1. The van der Waals surface area contributed by atoms with E-state index in [4.69, 9.17) is 5.26 Å². The van der Waals surface area contributed by atoms with Gasteiger partial charge in [0, 0.05) is 43.5 Å². The van der Waals surface area contributed by atoms with Crippen LogP contribution >= 0.6 is 0 Å². The van der Waals surface area contributed by atoms with E-state index in [1.807, 2.05) is 12.1 Å². The lowest BCUT2D eigenvalue weighted by atomic mass is 10.1. The number of hydrogen-bond acceptors (Lipinski definition) is 6. The molecule has 0 bridgehead atoms. The average Bonchev–Trinajstić information content (AvgIpc) is 3.63. The van der Waals surface area contributed by atoms with Crippen molar-refractivity contribution in [3.8, 4) is 6.07 Å². The second-order valence-electron chi connectivity index (χ2n) is 8.34. The average molecular weight is 451 g/mol. The summed E-state index contributed by atoms with van der Waals surface area (Å²) in [6.07, 6.45) is 2.14. The zero-order valence-corrected chi connectivity index (χ0v) is 18.2. The number of nitriles is 1. The zero-order valence-electron chi connectivity index (χ0n) is 17.4. The van der Waals surface area contributed by atoms with Gasteiger partial charge in [0.15, 0.2) is 0 Å².